The molecule has 1 atom stereocenters. The number of esters is 1. The third-order valence-electron chi connectivity index (χ3n) is 1.03. The molecule has 7 heteroatoms. The Bertz CT molecular complexity index is 194. The standard InChI is InChI=1S/C6H7Cl3O4/c1-3(10)13-4(2-5(11)12)6(7,8)9/h4H,2H2,1H3,(H,11,12). The summed E-state index contributed by atoms with van der Waals surface area (Å²) in [6.07, 6.45) is -1.82. The lowest BCUT2D eigenvalue weighted by Crippen LogP contribution is -2.32. The van der Waals surface area contributed by atoms with E-state index in [1.807, 2.05) is 0 Å². The van der Waals surface area contributed by atoms with Gasteiger partial charge in [-0.2, -0.15) is 0 Å². The summed E-state index contributed by atoms with van der Waals surface area (Å²) in [7, 11) is 0. The van der Waals surface area contributed by atoms with Crippen molar-refractivity contribution in [3.05, 3.63) is 0 Å². The first-order valence-corrected chi connectivity index (χ1v) is 4.32. The number of halogens is 3. The lowest BCUT2D eigenvalue weighted by atomic mass is 10.3. The van der Waals surface area contributed by atoms with Crippen molar-refractivity contribution >= 4 is 46.7 Å². The number of alkyl halides is 3. The summed E-state index contributed by atoms with van der Waals surface area (Å²) in [5, 5.41) is 8.39. The molecule has 0 aliphatic carbocycles. The average Bonchev–Trinajstić information content (AvgIpc) is 1.81. The molecule has 0 radical (unpaired) electrons. The second kappa shape index (κ2) is 4.88. The van der Waals surface area contributed by atoms with Crippen LogP contribution < -0.4 is 0 Å². The quantitative estimate of drug-likeness (QED) is 0.611. The molecule has 0 amide bonds. The van der Waals surface area contributed by atoms with E-state index >= 15 is 0 Å². The molecular formula is C6H7Cl3O4. The molecule has 0 bridgehead atoms. The Balaban J connectivity index is 4.37. The molecule has 0 spiro atoms. The van der Waals surface area contributed by atoms with Crippen LogP contribution in [-0.4, -0.2) is 26.9 Å². The van der Waals surface area contributed by atoms with Crippen LogP contribution in [-0.2, 0) is 14.3 Å². The Morgan fingerprint density at radius 1 is 1.46 bits per heavy atom. The summed E-state index contributed by atoms with van der Waals surface area (Å²) >= 11 is 16.1. The van der Waals surface area contributed by atoms with Crippen molar-refractivity contribution in [2.24, 2.45) is 0 Å². The Kier molecular flexibility index (Phi) is 4.81. The van der Waals surface area contributed by atoms with Crippen LogP contribution in [0.5, 0.6) is 0 Å². The van der Waals surface area contributed by atoms with Crippen LogP contribution in [0.15, 0.2) is 0 Å². The Hall–Kier alpha value is -0.190. The van der Waals surface area contributed by atoms with Gasteiger partial charge in [0.1, 0.15) is 0 Å². The topological polar surface area (TPSA) is 63.6 Å². The molecule has 0 aromatic carbocycles. The summed E-state index contributed by atoms with van der Waals surface area (Å²) in [4.78, 5) is 20.8. The number of carboxylic acid groups (broad SMARTS) is 1. The Morgan fingerprint density at radius 2 is 1.92 bits per heavy atom. The van der Waals surface area contributed by atoms with Gasteiger partial charge in [0.15, 0.2) is 6.10 Å². The van der Waals surface area contributed by atoms with Crippen LogP contribution in [0.25, 0.3) is 0 Å². The van der Waals surface area contributed by atoms with Crippen molar-refractivity contribution in [3.8, 4) is 0 Å². The molecule has 4 nitrogen and oxygen atoms in total. The highest BCUT2D eigenvalue weighted by molar-refractivity contribution is 6.68. The molecule has 0 heterocycles. The number of rotatable bonds is 3. The molecule has 1 N–H and O–H groups in total. The van der Waals surface area contributed by atoms with Crippen LogP contribution >= 0.6 is 34.8 Å². The van der Waals surface area contributed by atoms with Crippen LogP contribution in [0, 0.1) is 0 Å². The van der Waals surface area contributed by atoms with Gasteiger partial charge in [-0.15, -0.1) is 0 Å². The van der Waals surface area contributed by atoms with E-state index in [1.54, 1.807) is 0 Å². The molecule has 0 rings (SSSR count). The zero-order chi connectivity index (χ0) is 10.6. The lowest BCUT2D eigenvalue weighted by molar-refractivity contribution is -0.150. The highest BCUT2D eigenvalue weighted by atomic mass is 35.6. The molecular weight excluding hydrogens is 242 g/mol. The molecule has 0 aliphatic rings. The molecule has 1 unspecified atom stereocenters. The normalized spacial score (nSPS) is 13.5. The fourth-order valence-electron chi connectivity index (χ4n) is 0.583. The molecule has 0 aromatic rings. The van der Waals surface area contributed by atoms with Gasteiger partial charge in [0.2, 0.25) is 3.79 Å². The fourth-order valence-corrected chi connectivity index (χ4v) is 0.948. The van der Waals surface area contributed by atoms with Crippen molar-refractivity contribution in [1.82, 2.24) is 0 Å². The maximum absolute atomic E-state index is 10.5. The van der Waals surface area contributed by atoms with Crippen LogP contribution in [0.2, 0.25) is 0 Å². The summed E-state index contributed by atoms with van der Waals surface area (Å²) in [6.45, 7) is 1.10. The van der Waals surface area contributed by atoms with E-state index in [0.29, 0.717) is 0 Å². The maximum atomic E-state index is 10.5. The van der Waals surface area contributed by atoms with Crippen molar-refractivity contribution in [3.63, 3.8) is 0 Å². The van der Waals surface area contributed by atoms with Gasteiger partial charge in [-0.1, -0.05) is 34.8 Å². The van der Waals surface area contributed by atoms with E-state index in [1.165, 1.54) is 0 Å². The van der Waals surface area contributed by atoms with Gasteiger partial charge in [-0.3, -0.25) is 9.59 Å². The van der Waals surface area contributed by atoms with Gasteiger partial charge < -0.3 is 9.84 Å². The largest absolute Gasteiger partial charge is 0.481 e. The number of aliphatic carboxylic acids is 1. The first-order valence-electron chi connectivity index (χ1n) is 3.19. The number of hydrogen-bond acceptors (Lipinski definition) is 3. The van der Waals surface area contributed by atoms with Gasteiger partial charge in [0.05, 0.1) is 6.42 Å². The van der Waals surface area contributed by atoms with Crippen molar-refractivity contribution < 1.29 is 19.4 Å². The molecule has 0 aromatic heterocycles. The highest BCUT2D eigenvalue weighted by Crippen LogP contribution is 2.34. The second-order valence-electron chi connectivity index (χ2n) is 2.24. The number of carbonyl (C=O) groups is 2. The van der Waals surface area contributed by atoms with Crippen molar-refractivity contribution in [1.29, 1.82) is 0 Å². The summed E-state index contributed by atoms with van der Waals surface area (Å²) < 4.78 is 2.58. The summed E-state index contributed by atoms with van der Waals surface area (Å²) in [6, 6.07) is 0. The molecule has 0 saturated heterocycles. The molecule has 0 fully saturated rings. The average molecular weight is 249 g/mol. The maximum Gasteiger partial charge on any atom is 0.307 e. The zero-order valence-electron chi connectivity index (χ0n) is 6.59. The van der Waals surface area contributed by atoms with E-state index in [0.717, 1.165) is 6.92 Å². The minimum atomic E-state index is -1.93. The minimum absolute atomic E-state index is 0.546. The van der Waals surface area contributed by atoms with Gasteiger partial charge in [-0.25, -0.2) is 0 Å². The van der Waals surface area contributed by atoms with Crippen LogP contribution in [0.3, 0.4) is 0 Å². The predicted octanol–water partition coefficient (Wildman–Crippen LogP) is 1.76. The van der Waals surface area contributed by atoms with E-state index in [9.17, 15) is 9.59 Å². The predicted molar refractivity (Wildman–Crippen MR) is 48.1 cm³/mol. The third-order valence-corrected chi connectivity index (χ3v) is 1.76. The van der Waals surface area contributed by atoms with Gasteiger partial charge in [0, 0.05) is 6.92 Å². The van der Waals surface area contributed by atoms with E-state index in [-0.39, 0.29) is 0 Å². The molecule has 76 valence electrons. The fraction of sp³-hybridized carbons (Fsp3) is 0.667. The smallest absolute Gasteiger partial charge is 0.307 e. The van der Waals surface area contributed by atoms with Crippen molar-refractivity contribution in [2.75, 3.05) is 0 Å². The van der Waals surface area contributed by atoms with Gasteiger partial charge >= 0.3 is 11.9 Å². The lowest BCUT2D eigenvalue weighted by Gasteiger charge is -2.21. The van der Waals surface area contributed by atoms with Crippen LogP contribution in [0.1, 0.15) is 13.3 Å². The summed E-state index contributed by atoms with van der Waals surface area (Å²) in [5.41, 5.74) is 0. The van der Waals surface area contributed by atoms with E-state index < -0.39 is 28.3 Å². The number of ether oxygens (including phenoxy) is 1. The zero-order valence-corrected chi connectivity index (χ0v) is 8.86. The third kappa shape index (κ3) is 5.96. The molecule has 0 aliphatic heterocycles. The van der Waals surface area contributed by atoms with Crippen molar-refractivity contribution in [2.45, 2.75) is 23.2 Å². The van der Waals surface area contributed by atoms with Gasteiger partial charge in [-0.05, 0) is 0 Å². The SMILES string of the molecule is CC(=O)OC(CC(=O)O)C(Cl)(Cl)Cl. The number of carbonyl (C=O) groups excluding carboxylic acids is 1. The Morgan fingerprint density at radius 3 is 2.15 bits per heavy atom. The molecule has 0 saturated carbocycles. The number of hydrogen-bond donors (Lipinski definition) is 1. The first-order chi connectivity index (χ1) is 5.73. The summed E-state index contributed by atoms with van der Waals surface area (Å²) in [5.74, 6) is -1.91. The van der Waals surface area contributed by atoms with E-state index in [4.69, 9.17) is 39.9 Å². The first kappa shape index (κ1) is 12.8. The van der Waals surface area contributed by atoms with Gasteiger partial charge in [0.25, 0.3) is 0 Å². The molecule has 13 heavy (non-hydrogen) atoms. The second-order valence-corrected chi connectivity index (χ2v) is 4.61. The van der Waals surface area contributed by atoms with Crippen LogP contribution in [0.4, 0.5) is 0 Å². The monoisotopic (exact) mass is 248 g/mol. The Labute approximate surface area is 89.7 Å². The highest BCUT2D eigenvalue weighted by Gasteiger charge is 2.37. The number of carboxylic acids is 1. The minimum Gasteiger partial charge on any atom is -0.481 e. The van der Waals surface area contributed by atoms with E-state index in [2.05, 4.69) is 4.74 Å².